The molecule has 0 unspecified atom stereocenters. The molecule has 4 rings (SSSR count). The van der Waals surface area contributed by atoms with Gasteiger partial charge in [-0.2, -0.15) is 0 Å². The van der Waals surface area contributed by atoms with Crippen LogP contribution in [-0.4, -0.2) is 16.2 Å². The molecule has 136 valence electrons. The van der Waals surface area contributed by atoms with Gasteiger partial charge in [-0.1, -0.05) is 35.9 Å². The number of aryl methyl sites for hydroxylation is 2. The number of halogens is 1. The smallest absolute Gasteiger partial charge is 0.449 e. The zero-order valence-corrected chi connectivity index (χ0v) is 15.4. The van der Waals surface area contributed by atoms with E-state index in [2.05, 4.69) is 12.1 Å². The number of rotatable bonds is 3. The quantitative estimate of drug-likeness (QED) is 0.566. The number of pyridine rings is 1. The van der Waals surface area contributed by atoms with Crippen molar-refractivity contribution >= 4 is 17.8 Å². The third kappa shape index (κ3) is 3.96. The van der Waals surface area contributed by atoms with Gasteiger partial charge in [-0.25, -0.2) is 9.78 Å². The molecule has 27 heavy (non-hydrogen) atoms. The highest BCUT2D eigenvalue weighted by Crippen LogP contribution is 2.31. The Hall–Kier alpha value is -2.85. The highest BCUT2D eigenvalue weighted by molar-refractivity contribution is 6.30. The Morgan fingerprint density at radius 1 is 0.889 bits per heavy atom. The number of carboxylic acid groups (broad SMARTS) is 1. The summed E-state index contributed by atoms with van der Waals surface area (Å²) in [5, 5.41) is 9.66. The summed E-state index contributed by atoms with van der Waals surface area (Å²) in [6, 6.07) is 16.9. The van der Waals surface area contributed by atoms with Gasteiger partial charge in [0, 0.05) is 28.3 Å². The first-order valence-corrected chi connectivity index (χ1v) is 9.27. The third-order valence-corrected chi connectivity index (χ3v) is 5.04. The number of nitrogens with zero attached hydrogens (tertiary/aromatic N) is 1. The zero-order valence-electron chi connectivity index (χ0n) is 14.6. The van der Waals surface area contributed by atoms with Crippen LogP contribution in [0.25, 0.3) is 22.5 Å². The molecule has 0 fully saturated rings. The molecule has 4 nitrogen and oxygen atoms in total. The van der Waals surface area contributed by atoms with Crippen molar-refractivity contribution in [1.82, 2.24) is 4.98 Å². The van der Waals surface area contributed by atoms with Gasteiger partial charge >= 0.3 is 6.16 Å². The Morgan fingerprint density at radius 2 is 1.52 bits per heavy atom. The number of ether oxygens (including phenoxy) is 1. The minimum absolute atomic E-state index is 0.246. The summed E-state index contributed by atoms with van der Waals surface area (Å²) in [7, 11) is 0. The van der Waals surface area contributed by atoms with Crippen molar-refractivity contribution < 1.29 is 14.6 Å². The van der Waals surface area contributed by atoms with Crippen molar-refractivity contribution in [3.8, 4) is 28.3 Å². The van der Waals surface area contributed by atoms with E-state index < -0.39 is 6.16 Å². The Morgan fingerprint density at radius 3 is 2.22 bits per heavy atom. The number of aromatic nitrogens is 1. The lowest BCUT2D eigenvalue weighted by molar-refractivity contribution is 0.144. The fraction of sp³-hybridized carbons (Fsp3) is 0.182. The maximum absolute atomic E-state index is 11.0. The molecule has 3 aromatic rings. The highest BCUT2D eigenvalue weighted by atomic mass is 35.5. The van der Waals surface area contributed by atoms with E-state index in [9.17, 15) is 4.79 Å². The fourth-order valence-corrected chi connectivity index (χ4v) is 3.60. The first-order valence-electron chi connectivity index (χ1n) is 8.89. The van der Waals surface area contributed by atoms with Gasteiger partial charge in [-0.05, 0) is 55.0 Å². The van der Waals surface area contributed by atoms with Gasteiger partial charge in [0.05, 0.1) is 11.4 Å². The molecule has 1 N–H and O–H groups in total. The normalized spacial score (nSPS) is 13.1. The van der Waals surface area contributed by atoms with E-state index in [0.717, 1.165) is 24.0 Å². The minimum Gasteiger partial charge on any atom is -0.449 e. The second-order valence-electron chi connectivity index (χ2n) is 6.64. The van der Waals surface area contributed by atoms with Crippen molar-refractivity contribution in [3.05, 3.63) is 70.7 Å². The Balaban J connectivity index is 1.80. The largest absolute Gasteiger partial charge is 0.511 e. The van der Waals surface area contributed by atoms with Crippen molar-refractivity contribution in [2.45, 2.75) is 25.7 Å². The van der Waals surface area contributed by atoms with E-state index >= 15 is 0 Å². The van der Waals surface area contributed by atoms with Crippen LogP contribution in [0, 0.1) is 0 Å². The summed E-state index contributed by atoms with van der Waals surface area (Å²) in [6.45, 7) is 0. The molecule has 0 saturated carbocycles. The summed E-state index contributed by atoms with van der Waals surface area (Å²) < 4.78 is 4.93. The van der Waals surface area contributed by atoms with Crippen molar-refractivity contribution in [2.24, 2.45) is 0 Å². The van der Waals surface area contributed by atoms with Gasteiger partial charge in [-0.3, -0.25) is 0 Å². The molecule has 0 spiro atoms. The van der Waals surface area contributed by atoms with Crippen LogP contribution < -0.4 is 4.74 Å². The van der Waals surface area contributed by atoms with Crippen LogP contribution >= 0.6 is 11.6 Å². The molecule has 2 aromatic carbocycles. The van der Waals surface area contributed by atoms with Crippen LogP contribution in [-0.2, 0) is 12.8 Å². The predicted octanol–water partition coefficient (Wildman–Crippen LogP) is 6.00. The van der Waals surface area contributed by atoms with E-state index in [4.69, 9.17) is 26.4 Å². The summed E-state index contributed by atoms with van der Waals surface area (Å²) in [5.74, 6) is 0.246. The summed E-state index contributed by atoms with van der Waals surface area (Å²) in [4.78, 5) is 15.8. The van der Waals surface area contributed by atoms with Crippen molar-refractivity contribution in [2.75, 3.05) is 0 Å². The SMILES string of the molecule is O=C(O)Oc1cc(-c2ccc(Cl)cc2)nc(-c2ccc3c(c2)CCCC3)c1. The number of hydrogen-bond donors (Lipinski definition) is 1. The molecule has 0 radical (unpaired) electrons. The Bertz CT molecular complexity index is 999. The minimum atomic E-state index is -1.35. The topological polar surface area (TPSA) is 59.4 Å². The molecule has 1 heterocycles. The van der Waals surface area contributed by atoms with Gasteiger partial charge in [0.25, 0.3) is 0 Å². The summed E-state index contributed by atoms with van der Waals surface area (Å²) >= 11 is 5.97. The number of carbonyl (C=O) groups is 1. The number of hydrogen-bond acceptors (Lipinski definition) is 3. The summed E-state index contributed by atoms with van der Waals surface area (Å²) in [5.41, 5.74) is 5.86. The Labute approximate surface area is 162 Å². The molecule has 1 aliphatic carbocycles. The second kappa shape index (κ2) is 7.41. The number of fused-ring (bicyclic) bond motifs is 1. The average Bonchev–Trinajstić information content (AvgIpc) is 2.67. The van der Waals surface area contributed by atoms with Crippen LogP contribution in [0.15, 0.2) is 54.6 Å². The first-order chi connectivity index (χ1) is 13.1. The van der Waals surface area contributed by atoms with E-state index in [-0.39, 0.29) is 5.75 Å². The van der Waals surface area contributed by atoms with Crippen LogP contribution in [0.5, 0.6) is 5.75 Å². The standard InChI is InChI=1S/C22H18ClNO3/c23-18-9-7-15(8-10-18)20-12-19(27-22(25)26)13-21(24-20)17-6-5-14-3-1-2-4-16(14)11-17/h5-13H,1-4H2,(H,25,26). The molecule has 1 aromatic heterocycles. The predicted molar refractivity (Wildman–Crippen MR) is 105 cm³/mol. The van der Waals surface area contributed by atoms with E-state index in [1.54, 1.807) is 24.3 Å². The molecule has 0 aliphatic heterocycles. The van der Waals surface area contributed by atoms with Gasteiger partial charge in [0.15, 0.2) is 0 Å². The third-order valence-electron chi connectivity index (χ3n) is 4.79. The van der Waals surface area contributed by atoms with E-state index in [1.807, 2.05) is 18.2 Å². The van der Waals surface area contributed by atoms with Gasteiger partial charge in [-0.15, -0.1) is 0 Å². The summed E-state index contributed by atoms with van der Waals surface area (Å²) in [6.07, 6.45) is 3.26. The van der Waals surface area contributed by atoms with Crippen LogP contribution in [0.3, 0.4) is 0 Å². The molecule has 0 bridgehead atoms. The lowest BCUT2D eigenvalue weighted by atomic mass is 9.90. The van der Waals surface area contributed by atoms with Crippen LogP contribution in [0.4, 0.5) is 4.79 Å². The van der Waals surface area contributed by atoms with Gasteiger partial charge in [0.2, 0.25) is 0 Å². The second-order valence-corrected chi connectivity index (χ2v) is 7.08. The van der Waals surface area contributed by atoms with Gasteiger partial charge < -0.3 is 9.84 Å². The molecule has 0 atom stereocenters. The monoisotopic (exact) mass is 379 g/mol. The van der Waals surface area contributed by atoms with Crippen molar-refractivity contribution in [3.63, 3.8) is 0 Å². The highest BCUT2D eigenvalue weighted by Gasteiger charge is 2.14. The lowest BCUT2D eigenvalue weighted by Gasteiger charge is -2.17. The van der Waals surface area contributed by atoms with E-state index in [0.29, 0.717) is 16.4 Å². The van der Waals surface area contributed by atoms with Crippen molar-refractivity contribution in [1.29, 1.82) is 0 Å². The molecule has 5 heteroatoms. The maximum Gasteiger partial charge on any atom is 0.511 e. The van der Waals surface area contributed by atoms with Crippen LogP contribution in [0.1, 0.15) is 24.0 Å². The van der Waals surface area contributed by atoms with E-state index in [1.165, 1.54) is 24.0 Å². The maximum atomic E-state index is 11.0. The average molecular weight is 380 g/mol. The molecule has 0 saturated heterocycles. The lowest BCUT2D eigenvalue weighted by Crippen LogP contribution is -2.05. The van der Waals surface area contributed by atoms with Gasteiger partial charge in [0.1, 0.15) is 5.75 Å². The van der Waals surface area contributed by atoms with Crippen LogP contribution in [0.2, 0.25) is 5.02 Å². The Kier molecular flexibility index (Phi) is 4.82. The number of benzene rings is 2. The molecular weight excluding hydrogens is 362 g/mol. The molecule has 1 aliphatic rings. The zero-order chi connectivity index (χ0) is 18.8. The first kappa shape index (κ1) is 17.6. The fourth-order valence-electron chi connectivity index (χ4n) is 3.47. The molecular formula is C22H18ClNO3. The molecule has 0 amide bonds.